The van der Waals surface area contributed by atoms with Crippen molar-refractivity contribution in [2.45, 2.75) is 40.3 Å². The first-order chi connectivity index (χ1) is 12.2. The molecule has 0 amide bonds. The lowest BCUT2D eigenvalue weighted by molar-refractivity contribution is 0.168. The van der Waals surface area contributed by atoms with Gasteiger partial charge in [0.05, 0.1) is 12.2 Å². The molecule has 1 atom stereocenters. The van der Waals surface area contributed by atoms with Crippen molar-refractivity contribution in [1.29, 1.82) is 0 Å². The number of piperazine rings is 1. The highest BCUT2D eigenvalue weighted by Gasteiger charge is 2.20. The van der Waals surface area contributed by atoms with E-state index in [1.165, 1.54) is 0 Å². The van der Waals surface area contributed by atoms with E-state index in [4.69, 9.17) is 9.52 Å². The Morgan fingerprint density at radius 3 is 2.56 bits per heavy atom. The summed E-state index contributed by atoms with van der Waals surface area (Å²) in [6.07, 6.45) is 1.64. The molecule has 0 aliphatic carbocycles. The van der Waals surface area contributed by atoms with Gasteiger partial charge in [0.2, 0.25) is 0 Å². The first-order valence-electron chi connectivity index (χ1n) is 9.56. The Bertz CT molecular complexity index is 492. The standard InChI is InChI=1S/C18H34N6O/c1-5-19-18(20-14-16(4)23(6-2)7-3)24-11-9-22(10-12-24)15-17-8-13-25-21-17/h8,13,16H,5-7,9-12,14-15H2,1-4H3,(H,19,20). The highest BCUT2D eigenvalue weighted by atomic mass is 16.5. The van der Waals surface area contributed by atoms with Crippen molar-refractivity contribution in [2.24, 2.45) is 4.99 Å². The average Bonchev–Trinajstić information content (AvgIpc) is 3.13. The molecule has 1 aromatic heterocycles. The molecule has 1 unspecified atom stereocenters. The Kier molecular flexibility index (Phi) is 8.21. The summed E-state index contributed by atoms with van der Waals surface area (Å²) in [6.45, 7) is 17.6. The molecule has 0 radical (unpaired) electrons. The van der Waals surface area contributed by atoms with Crippen molar-refractivity contribution in [1.82, 2.24) is 25.2 Å². The van der Waals surface area contributed by atoms with Gasteiger partial charge >= 0.3 is 0 Å². The van der Waals surface area contributed by atoms with Gasteiger partial charge in [0.15, 0.2) is 5.96 Å². The van der Waals surface area contributed by atoms with Crippen LogP contribution in [0, 0.1) is 0 Å². The van der Waals surface area contributed by atoms with Crippen LogP contribution in [0.25, 0.3) is 0 Å². The van der Waals surface area contributed by atoms with Gasteiger partial charge in [-0.2, -0.15) is 0 Å². The zero-order chi connectivity index (χ0) is 18.1. The van der Waals surface area contributed by atoms with Crippen LogP contribution in [0.15, 0.2) is 21.8 Å². The molecule has 1 aromatic rings. The molecule has 1 saturated heterocycles. The third-order valence-electron chi connectivity index (χ3n) is 4.82. The summed E-state index contributed by atoms with van der Waals surface area (Å²) in [5.41, 5.74) is 1.00. The summed E-state index contributed by atoms with van der Waals surface area (Å²) in [4.78, 5) is 12.1. The number of hydrogen-bond donors (Lipinski definition) is 1. The maximum absolute atomic E-state index is 4.92. The number of aliphatic imine (C=N–C) groups is 1. The van der Waals surface area contributed by atoms with Crippen LogP contribution in [0.3, 0.4) is 0 Å². The van der Waals surface area contributed by atoms with Crippen LogP contribution in [-0.2, 0) is 6.54 Å². The molecule has 1 fully saturated rings. The second-order valence-electron chi connectivity index (χ2n) is 6.52. The van der Waals surface area contributed by atoms with Crippen LogP contribution in [0.1, 0.15) is 33.4 Å². The van der Waals surface area contributed by atoms with E-state index in [1.807, 2.05) is 6.07 Å². The fraction of sp³-hybridized carbons (Fsp3) is 0.778. The Balaban J connectivity index is 1.86. The number of guanidine groups is 1. The predicted octanol–water partition coefficient (Wildman–Crippen LogP) is 1.49. The number of nitrogens with one attached hydrogen (secondary N) is 1. The van der Waals surface area contributed by atoms with Crippen LogP contribution in [0.2, 0.25) is 0 Å². The van der Waals surface area contributed by atoms with Crippen LogP contribution in [0.5, 0.6) is 0 Å². The molecule has 142 valence electrons. The van der Waals surface area contributed by atoms with Crippen molar-refractivity contribution >= 4 is 5.96 Å². The molecule has 2 heterocycles. The van der Waals surface area contributed by atoms with E-state index >= 15 is 0 Å². The van der Waals surface area contributed by atoms with E-state index in [0.29, 0.717) is 6.04 Å². The number of rotatable bonds is 8. The second kappa shape index (κ2) is 10.4. The molecule has 0 spiro atoms. The maximum atomic E-state index is 4.92. The number of likely N-dealkylation sites (N-methyl/N-ethyl adjacent to an activating group) is 1. The van der Waals surface area contributed by atoms with E-state index in [1.54, 1.807) is 6.26 Å². The summed E-state index contributed by atoms with van der Waals surface area (Å²) in [5, 5.41) is 7.46. The monoisotopic (exact) mass is 350 g/mol. The maximum Gasteiger partial charge on any atom is 0.194 e. The highest BCUT2D eigenvalue weighted by molar-refractivity contribution is 5.80. The van der Waals surface area contributed by atoms with Gasteiger partial charge in [-0.05, 0) is 26.9 Å². The SMILES string of the molecule is CCNC(=NCC(C)N(CC)CC)N1CCN(Cc2ccon2)CC1. The predicted molar refractivity (Wildman–Crippen MR) is 102 cm³/mol. The normalized spacial score (nSPS) is 18.0. The van der Waals surface area contributed by atoms with E-state index < -0.39 is 0 Å². The van der Waals surface area contributed by atoms with E-state index in [-0.39, 0.29) is 0 Å². The van der Waals surface area contributed by atoms with Crippen molar-refractivity contribution in [3.8, 4) is 0 Å². The molecule has 7 heteroatoms. The largest absolute Gasteiger partial charge is 0.364 e. The van der Waals surface area contributed by atoms with E-state index in [0.717, 1.165) is 70.6 Å². The fourth-order valence-corrected chi connectivity index (χ4v) is 3.27. The van der Waals surface area contributed by atoms with Crippen LogP contribution >= 0.6 is 0 Å². The molecule has 0 saturated carbocycles. The van der Waals surface area contributed by atoms with Gasteiger partial charge in [-0.25, -0.2) is 0 Å². The first-order valence-corrected chi connectivity index (χ1v) is 9.56. The van der Waals surface area contributed by atoms with Crippen LogP contribution < -0.4 is 5.32 Å². The van der Waals surface area contributed by atoms with Crippen molar-refractivity contribution < 1.29 is 4.52 Å². The minimum absolute atomic E-state index is 0.470. The van der Waals surface area contributed by atoms with Gasteiger partial charge in [-0.1, -0.05) is 19.0 Å². The molecule has 1 aliphatic heterocycles. The molecule has 25 heavy (non-hydrogen) atoms. The lowest BCUT2D eigenvalue weighted by Gasteiger charge is -2.36. The smallest absolute Gasteiger partial charge is 0.194 e. The third kappa shape index (κ3) is 6.01. The lowest BCUT2D eigenvalue weighted by Crippen LogP contribution is -2.52. The Morgan fingerprint density at radius 1 is 1.28 bits per heavy atom. The minimum atomic E-state index is 0.470. The van der Waals surface area contributed by atoms with Crippen molar-refractivity contribution in [2.75, 3.05) is 52.4 Å². The zero-order valence-electron chi connectivity index (χ0n) is 16.2. The topological polar surface area (TPSA) is 60.1 Å². The van der Waals surface area contributed by atoms with Crippen LogP contribution in [0.4, 0.5) is 0 Å². The van der Waals surface area contributed by atoms with Crippen molar-refractivity contribution in [3.63, 3.8) is 0 Å². The molecule has 1 aliphatic rings. The quantitative estimate of drug-likeness (QED) is 0.566. The van der Waals surface area contributed by atoms with Gasteiger partial charge < -0.3 is 14.7 Å². The molecular formula is C18H34N6O. The van der Waals surface area contributed by atoms with Gasteiger partial charge in [0.1, 0.15) is 6.26 Å². The zero-order valence-corrected chi connectivity index (χ0v) is 16.2. The lowest BCUT2D eigenvalue weighted by atomic mass is 10.3. The fourth-order valence-electron chi connectivity index (χ4n) is 3.27. The molecule has 2 rings (SSSR count). The summed E-state index contributed by atoms with van der Waals surface area (Å²) >= 11 is 0. The Hall–Kier alpha value is -1.60. The number of hydrogen-bond acceptors (Lipinski definition) is 5. The average molecular weight is 351 g/mol. The Morgan fingerprint density at radius 2 is 2.00 bits per heavy atom. The summed E-state index contributed by atoms with van der Waals surface area (Å²) in [5.74, 6) is 1.04. The molecular weight excluding hydrogens is 316 g/mol. The highest BCUT2D eigenvalue weighted by Crippen LogP contribution is 2.08. The Labute approximate surface area is 152 Å². The molecule has 1 N–H and O–H groups in total. The van der Waals surface area contributed by atoms with Gasteiger partial charge in [0.25, 0.3) is 0 Å². The first kappa shape index (κ1) is 19.7. The summed E-state index contributed by atoms with van der Waals surface area (Å²) in [6, 6.07) is 2.41. The molecule has 7 nitrogen and oxygen atoms in total. The molecule has 0 aromatic carbocycles. The second-order valence-corrected chi connectivity index (χ2v) is 6.52. The summed E-state index contributed by atoms with van der Waals surface area (Å²) in [7, 11) is 0. The number of nitrogens with zero attached hydrogens (tertiary/aromatic N) is 5. The van der Waals surface area contributed by atoms with Crippen LogP contribution in [-0.4, -0.2) is 84.2 Å². The van der Waals surface area contributed by atoms with E-state index in [2.05, 4.69) is 52.9 Å². The van der Waals surface area contributed by atoms with E-state index in [9.17, 15) is 0 Å². The third-order valence-corrected chi connectivity index (χ3v) is 4.82. The van der Waals surface area contributed by atoms with Gasteiger partial charge in [0, 0.05) is 51.4 Å². The number of aromatic nitrogens is 1. The summed E-state index contributed by atoms with van der Waals surface area (Å²) < 4.78 is 4.92. The van der Waals surface area contributed by atoms with Crippen molar-refractivity contribution in [3.05, 3.63) is 18.0 Å². The van der Waals surface area contributed by atoms with Gasteiger partial charge in [-0.3, -0.25) is 14.8 Å². The minimum Gasteiger partial charge on any atom is -0.364 e. The van der Waals surface area contributed by atoms with Gasteiger partial charge in [-0.15, -0.1) is 0 Å². The molecule has 0 bridgehead atoms.